The van der Waals surface area contributed by atoms with Crippen molar-refractivity contribution < 1.29 is 4.79 Å². The highest BCUT2D eigenvalue weighted by Gasteiger charge is 2.13. The number of anilines is 1. The smallest absolute Gasteiger partial charge is 0.248 e. The van der Waals surface area contributed by atoms with Crippen LogP contribution in [0.3, 0.4) is 0 Å². The second kappa shape index (κ2) is 7.23. The number of nitrogens with one attached hydrogen (secondary N) is 1. The summed E-state index contributed by atoms with van der Waals surface area (Å²) in [6.07, 6.45) is 0. The summed E-state index contributed by atoms with van der Waals surface area (Å²) < 4.78 is 1.61. The number of nitrogens with zero attached hydrogens (tertiary/aromatic N) is 4. The predicted octanol–water partition coefficient (Wildman–Crippen LogP) is 3.81. The van der Waals surface area contributed by atoms with Crippen molar-refractivity contribution in [1.29, 1.82) is 0 Å². The third-order valence-electron chi connectivity index (χ3n) is 3.22. The molecule has 0 spiro atoms. The van der Waals surface area contributed by atoms with Gasteiger partial charge in [0.25, 0.3) is 0 Å². The van der Waals surface area contributed by atoms with E-state index in [-0.39, 0.29) is 12.5 Å². The fourth-order valence-corrected chi connectivity index (χ4v) is 3.75. The van der Waals surface area contributed by atoms with Gasteiger partial charge in [0.2, 0.25) is 11.7 Å². The first-order valence-corrected chi connectivity index (χ1v) is 8.70. The molecular weight excluding hydrogens is 438 g/mol. The van der Waals surface area contributed by atoms with E-state index in [1.165, 1.54) is 4.80 Å². The van der Waals surface area contributed by atoms with Crippen LogP contribution in [-0.4, -0.2) is 26.1 Å². The van der Waals surface area contributed by atoms with Gasteiger partial charge in [-0.3, -0.25) is 4.79 Å². The van der Waals surface area contributed by atoms with E-state index in [9.17, 15) is 4.79 Å². The van der Waals surface area contributed by atoms with Gasteiger partial charge in [-0.05, 0) is 61.7 Å². The summed E-state index contributed by atoms with van der Waals surface area (Å²) >= 11 is 6.90. The molecule has 3 rings (SSSR count). The number of hydrogen-bond donors (Lipinski definition) is 1. The third-order valence-corrected chi connectivity index (χ3v) is 4.47. The first-order valence-electron chi connectivity index (χ1n) is 7.11. The topological polar surface area (TPSA) is 72.7 Å². The van der Waals surface area contributed by atoms with Crippen molar-refractivity contribution in [3.63, 3.8) is 0 Å². The molecule has 0 radical (unpaired) electrons. The fraction of sp³-hybridized carbons (Fsp3) is 0.125. The zero-order valence-electron chi connectivity index (χ0n) is 12.7. The Morgan fingerprint density at radius 3 is 2.50 bits per heavy atom. The molecule has 1 heterocycles. The predicted molar refractivity (Wildman–Crippen MR) is 98.5 cm³/mol. The summed E-state index contributed by atoms with van der Waals surface area (Å²) in [5.74, 6) is 0.248. The molecule has 1 aromatic heterocycles. The minimum Gasteiger partial charge on any atom is -0.322 e. The SMILES string of the molecule is Cc1cc(Br)c(NC(=O)Cn2nnc(-c3ccccc3)n2)c(Br)c1. The number of halogens is 2. The molecule has 0 aliphatic rings. The fourth-order valence-electron chi connectivity index (χ4n) is 2.14. The molecule has 0 atom stereocenters. The lowest BCUT2D eigenvalue weighted by Gasteiger charge is -2.10. The average Bonchev–Trinajstić information content (AvgIpc) is 3.00. The lowest BCUT2D eigenvalue weighted by molar-refractivity contribution is -0.117. The Morgan fingerprint density at radius 2 is 1.83 bits per heavy atom. The minimum atomic E-state index is -0.239. The Bertz CT molecular complexity index is 856. The minimum absolute atomic E-state index is 0.0212. The van der Waals surface area contributed by atoms with Gasteiger partial charge < -0.3 is 5.32 Å². The van der Waals surface area contributed by atoms with Gasteiger partial charge in [0.05, 0.1) is 5.69 Å². The summed E-state index contributed by atoms with van der Waals surface area (Å²) in [7, 11) is 0. The van der Waals surface area contributed by atoms with Crippen molar-refractivity contribution in [2.45, 2.75) is 13.5 Å². The summed E-state index contributed by atoms with van der Waals surface area (Å²) in [6.45, 7) is 1.96. The maximum atomic E-state index is 12.2. The van der Waals surface area contributed by atoms with Gasteiger partial charge in [-0.15, -0.1) is 10.2 Å². The summed E-state index contributed by atoms with van der Waals surface area (Å²) in [5.41, 5.74) is 2.61. The van der Waals surface area contributed by atoms with Crippen LogP contribution in [-0.2, 0) is 11.3 Å². The molecule has 0 fully saturated rings. The van der Waals surface area contributed by atoms with Crippen LogP contribution in [0.2, 0.25) is 0 Å². The highest BCUT2D eigenvalue weighted by molar-refractivity contribution is 9.11. The van der Waals surface area contributed by atoms with Crippen molar-refractivity contribution in [3.05, 3.63) is 57.0 Å². The molecule has 0 aliphatic heterocycles. The van der Waals surface area contributed by atoms with Gasteiger partial charge in [0.1, 0.15) is 6.54 Å². The number of rotatable bonds is 4. The van der Waals surface area contributed by atoms with Crippen LogP contribution in [0, 0.1) is 6.92 Å². The Balaban J connectivity index is 1.71. The zero-order valence-corrected chi connectivity index (χ0v) is 15.9. The molecule has 122 valence electrons. The zero-order chi connectivity index (χ0) is 17.1. The third kappa shape index (κ3) is 3.88. The van der Waals surface area contributed by atoms with Crippen LogP contribution < -0.4 is 5.32 Å². The van der Waals surface area contributed by atoms with Crippen molar-refractivity contribution >= 4 is 43.5 Å². The van der Waals surface area contributed by atoms with Gasteiger partial charge in [0.15, 0.2) is 0 Å². The second-order valence-corrected chi connectivity index (χ2v) is 6.87. The Labute approximate surface area is 155 Å². The van der Waals surface area contributed by atoms with Gasteiger partial charge in [-0.2, -0.15) is 4.80 Å². The molecule has 0 aliphatic carbocycles. The Hall–Kier alpha value is -2.06. The van der Waals surface area contributed by atoms with E-state index in [0.29, 0.717) is 11.5 Å². The Morgan fingerprint density at radius 1 is 1.17 bits per heavy atom. The monoisotopic (exact) mass is 449 g/mol. The van der Waals surface area contributed by atoms with Crippen LogP contribution in [0.15, 0.2) is 51.4 Å². The lowest BCUT2D eigenvalue weighted by atomic mass is 10.2. The van der Waals surface area contributed by atoms with Crippen LogP contribution in [0.1, 0.15) is 5.56 Å². The van der Waals surface area contributed by atoms with E-state index in [1.54, 1.807) is 0 Å². The highest BCUT2D eigenvalue weighted by atomic mass is 79.9. The number of amides is 1. The number of tetrazole rings is 1. The molecule has 0 saturated heterocycles. The summed E-state index contributed by atoms with van der Waals surface area (Å²) in [4.78, 5) is 13.5. The van der Waals surface area contributed by atoms with Gasteiger partial charge in [-0.1, -0.05) is 30.3 Å². The van der Waals surface area contributed by atoms with Crippen LogP contribution in [0.25, 0.3) is 11.4 Å². The van der Waals surface area contributed by atoms with E-state index in [0.717, 1.165) is 20.1 Å². The molecule has 1 N–H and O–H groups in total. The molecule has 3 aromatic rings. The molecule has 0 saturated carbocycles. The molecular formula is C16H13Br2N5O. The Kier molecular flexibility index (Phi) is 5.06. The largest absolute Gasteiger partial charge is 0.322 e. The maximum absolute atomic E-state index is 12.2. The second-order valence-electron chi connectivity index (χ2n) is 5.16. The van der Waals surface area contributed by atoms with Crippen LogP contribution in [0.5, 0.6) is 0 Å². The van der Waals surface area contributed by atoms with Crippen molar-refractivity contribution in [2.75, 3.05) is 5.32 Å². The van der Waals surface area contributed by atoms with E-state index < -0.39 is 0 Å². The highest BCUT2D eigenvalue weighted by Crippen LogP contribution is 2.32. The summed E-state index contributed by atoms with van der Waals surface area (Å²) in [6, 6.07) is 13.4. The molecule has 24 heavy (non-hydrogen) atoms. The quantitative estimate of drug-likeness (QED) is 0.655. The van der Waals surface area contributed by atoms with Gasteiger partial charge >= 0.3 is 0 Å². The average molecular weight is 451 g/mol. The first kappa shape index (κ1) is 16.8. The molecule has 0 bridgehead atoms. The standard InChI is InChI=1S/C16H13Br2N5O/c1-10-7-12(17)15(13(18)8-10)19-14(24)9-23-21-16(20-22-23)11-5-3-2-4-6-11/h2-8H,9H2,1H3,(H,19,24). The number of aryl methyl sites for hydroxylation is 1. The molecule has 2 aromatic carbocycles. The lowest BCUT2D eigenvalue weighted by Crippen LogP contribution is -2.21. The number of aromatic nitrogens is 4. The first-order chi connectivity index (χ1) is 11.5. The number of benzene rings is 2. The molecule has 8 heteroatoms. The van der Waals surface area contributed by atoms with E-state index in [4.69, 9.17) is 0 Å². The molecule has 0 unspecified atom stereocenters. The van der Waals surface area contributed by atoms with Gasteiger partial charge in [-0.25, -0.2) is 0 Å². The normalized spacial score (nSPS) is 10.6. The number of carbonyl (C=O) groups is 1. The van der Waals surface area contributed by atoms with Crippen LogP contribution >= 0.6 is 31.9 Å². The van der Waals surface area contributed by atoms with E-state index in [1.807, 2.05) is 49.4 Å². The molecule has 1 amide bonds. The van der Waals surface area contributed by atoms with Gasteiger partial charge in [0, 0.05) is 14.5 Å². The van der Waals surface area contributed by atoms with E-state index >= 15 is 0 Å². The van der Waals surface area contributed by atoms with Crippen molar-refractivity contribution in [1.82, 2.24) is 20.2 Å². The number of hydrogen-bond acceptors (Lipinski definition) is 4. The van der Waals surface area contributed by atoms with E-state index in [2.05, 4.69) is 52.6 Å². The van der Waals surface area contributed by atoms with Crippen LogP contribution in [0.4, 0.5) is 5.69 Å². The van der Waals surface area contributed by atoms with Crippen molar-refractivity contribution in [3.8, 4) is 11.4 Å². The number of carbonyl (C=O) groups excluding carboxylic acids is 1. The van der Waals surface area contributed by atoms with Crippen molar-refractivity contribution in [2.24, 2.45) is 0 Å². The summed E-state index contributed by atoms with van der Waals surface area (Å²) in [5, 5.41) is 15.0. The molecule has 6 nitrogen and oxygen atoms in total. The maximum Gasteiger partial charge on any atom is 0.248 e.